The van der Waals surface area contributed by atoms with Crippen LogP contribution in [0.2, 0.25) is 0 Å². The summed E-state index contributed by atoms with van der Waals surface area (Å²) >= 11 is 0. The number of rotatable bonds is 4. The molecule has 2 amide bonds. The number of anilines is 1. The highest BCUT2D eigenvalue weighted by molar-refractivity contribution is 6.00. The third-order valence-corrected chi connectivity index (χ3v) is 4.65. The normalized spacial score (nSPS) is 16.1. The molecule has 3 rings (SSSR count). The maximum atomic E-state index is 12.2. The first-order chi connectivity index (χ1) is 12.0. The van der Waals surface area contributed by atoms with Crippen LogP contribution < -0.4 is 16.2 Å². The van der Waals surface area contributed by atoms with Crippen molar-refractivity contribution < 1.29 is 4.79 Å². The number of hydrogen-bond donors (Lipinski definition) is 2. The van der Waals surface area contributed by atoms with Gasteiger partial charge in [-0.1, -0.05) is 18.2 Å². The van der Waals surface area contributed by atoms with Crippen LogP contribution in [0.5, 0.6) is 0 Å². The van der Waals surface area contributed by atoms with Gasteiger partial charge in [-0.05, 0) is 13.1 Å². The minimum absolute atomic E-state index is 0.0726. The standard InChI is InChI=1S/C18H25N5O2/c1-21-9-11-23(12-10-21)8-7-19-18(25)20-16-13-22(2)17(24)15-6-4-3-5-14(15)16/h3-6,13H,7-12H2,1-2H3,(H2,19,20,25). The Morgan fingerprint density at radius 3 is 2.48 bits per heavy atom. The number of nitrogens with zero attached hydrogens (tertiary/aromatic N) is 3. The van der Waals surface area contributed by atoms with Gasteiger partial charge in [0.2, 0.25) is 0 Å². The van der Waals surface area contributed by atoms with Crippen LogP contribution in [-0.2, 0) is 7.05 Å². The number of likely N-dealkylation sites (N-methyl/N-ethyl adjacent to an activating group) is 1. The number of urea groups is 1. The summed E-state index contributed by atoms with van der Waals surface area (Å²) in [5, 5.41) is 7.10. The molecule has 0 unspecified atom stereocenters. The van der Waals surface area contributed by atoms with E-state index in [9.17, 15) is 9.59 Å². The van der Waals surface area contributed by atoms with E-state index in [4.69, 9.17) is 0 Å². The van der Waals surface area contributed by atoms with Gasteiger partial charge in [-0.3, -0.25) is 9.69 Å². The van der Waals surface area contributed by atoms with Crippen LogP contribution in [0.3, 0.4) is 0 Å². The van der Waals surface area contributed by atoms with Gasteiger partial charge >= 0.3 is 6.03 Å². The van der Waals surface area contributed by atoms with Crippen LogP contribution in [-0.4, -0.2) is 66.7 Å². The molecule has 7 nitrogen and oxygen atoms in total. The Bertz CT molecular complexity index is 809. The lowest BCUT2D eigenvalue weighted by atomic mass is 10.1. The number of piperazine rings is 1. The molecule has 134 valence electrons. The Balaban J connectivity index is 1.59. The average Bonchev–Trinajstić information content (AvgIpc) is 2.61. The van der Waals surface area contributed by atoms with Crippen molar-refractivity contribution in [2.75, 3.05) is 51.6 Å². The van der Waals surface area contributed by atoms with Crippen molar-refractivity contribution in [2.24, 2.45) is 7.05 Å². The van der Waals surface area contributed by atoms with Gasteiger partial charge in [-0.25, -0.2) is 4.79 Å². The maximum Gasteiger partial charge on any atom is 0.319 e. The molecule has 2 N–H and O–H groups in total. The summed E-state index contributed by atoms with van der Waals surface area (Å²) in [6, 6.07) is 7.05. The molecule has 1 aliphatic rings. The zero-order valence-corrected chi connectivity index (χ0v) is 14.8. The first kappa shape index (κ1) is 17.4. The lowest BCUT2D eigenvalue weighted by Crippen LogP contribution is -2.47. The van der Waals surface area contributed by atoms with E-state index < -0.39 is 0 Å². The molecule has 7 heteroatoms. The third-order valence-electron chi connectivity index (χ3n) is 4.65. The van der Waals surface area contributed by atoms with E-state index in [0.717, 1.165) is 38.1 Å². The Hall–Kier alpha value is -2.38. The Morgan fingerprint density at radius 2 is 1.76 bits per heavy atom. The number of carbonyl (C=O) groups excluding carboxylic acids is 1. The second-order valence-corrected chi connectivity index (χ2v) is 6.53. The molecule has 0 atom stereocenters. The van der Waals surface area contributed by atoms with Crippen LogP contribution in [0.1, 0.15) is 0 Å². The highest BCUT2D eigenvalue weighted by Gasteiger charge is 2.14. The van der Waals surface area contributed by atoms with Crippen molar-refractivity contribution in [2.45, 2.75) is 0 Å². The molecular weight excluding hydrogens is 318 g/mol. The highest BCUT2D eigenvalue weighted by atomic mass is 16.2. The lowest BCUT2D eigenvalue weighted by Gasteiger charge is -2.32. The molecule has 0 saturated carbocycles. The Labute approximate surface area is 147 Å². The smallest absolute Gasteiger partial charge is 0.319 e. The van der Waals surface area contributed by atoms with Gasteiger partial charge in [0.1, 0.15) is 0 Å². The number of hydrogen-bond acceptors (Lipinski definition) is 4. The molecule has 0 aliphatic carbocycles. The zero-order valence-electron chi connectivity index (χ0n) is 14.8. The predicted molar refractivity (Wildman–Crippen MR) is 100 cm³/mol. The monoisotopic (exact) mass is 343 g/mol. The second-order valence-electron chi connectivity index (χ2n) is 6.53. The van der Waals surface area contributed by atoms with Crippen LogP contribution in [0.15, 0.2) is 35.3 Å². The Kier molecular flexibility index (Phi) is 5.35. The van der Waals surface area contributed by atoms with Gasteiger partial charge in [0.05, 0.1) is 5.69 Å². The first-order valence-corrected chi connectivity index (χ1v) is 8.59. The minimum atomic E-state index is -0.252. The number of benzene rings is 1. The van der Waals surface area contributed by atoms with Crippen molar-refractivity contribution >= 4 is 22.5 Å². The highest BCUT2D eigenvalue weighted by Crippen LogP contribution is 2.19. The summed E-state index contributed by atoms with van der Waals surface area (Å²) in [6.45, 7) is 5.64. The summed E-state index contributed by atoms with van der Waals surface area (Å²) < 4.78 is 1.49. The molecule has 2 heterocycles. The van der Waals surface area contributed by atoms with Gasteiger partial charge in [-0.15, -0.1) is 0 Å². The summed E-state index contributed by atoms with van der Waals surface area (Å²) in [4.78, 5) is 29.0. The number of aromatic nitrogens is 1. The summed E-state index contributed by atoms with van der Waals surface area (Å²) in [5.74, 6) is 0. The molecule has 1 saturated heterocycles. The summed E-state index contributed by atoms with van der Waals surface area (Å²) in [5.41, 5.74) is 0.562. The molecular formula is C18H25N5O2. The molecule has 1 aliphatic heterocycles. The van der Waals surface area contributed by atoms with Crippen molar-refractivity contribution in [1.29, 1.82) is 0 Å². The SMILES string of the molecule is CN1CCN(CCNC(=O)Nc2cn(C)c(=O)c3ccccc23)CC1. The summed E-state index contributed by atoms with van der Waals surface area (Å²) in [7, 11) is 3.81. The predicted octanol–water partition coefficient (Wildman–Crippen LogP) is 0.907. The number of aryl methyl sites for hydroxylation is 1. The van der Waals surface area contributed by atoms with E-state index in [2.05, 4.69) is 27.5 Å². The van der Waals surface area contributed by atoms with Crippen LogP contribution in [0.25, 0.3) is 10.8 Å². The van der Waals surface area contributed by atoms with Crippen molar-refractivity contribution in [3.05, 3.63) is 40.8 Å². The van der Waals surface area contributed by atoms with Crippen molar-refractivity contribution in [3.63, 3.8) is 0 Å². The fourth-order valence-electron chi connectivity index (χ4n) is 3.08. The number of carbonyl (C=O) groups is 1. The number of fused-ring (bicyclic) bond motifs is 1. The molecule has 1 aromatic carbocycles. The van der Waals surface area contributed by atoms with Crippen LogP contribution >= 0.6 is 0 Å². The number of pyridine rings is 1. The molecule has 0 spiro atoms. The van der Waals surface area contributed by atoms with E-state index in [1.165, 1.54) is 4.57 Å². The number of nitrogens with one attached hydrogen (secondary N) is 2. The first-order valence-electron chi connectivity index (χ1n) is 8.59. The second kappa shape index (κ2) is 7.67. The van der Waals surface area contributed by atoms with Crippen LogP contribution in [0, 0.1) is 0 Å². The third kappa shape index (κ3) is 4.18. The fraction of sp³-hybridized carbons (Fsp3) is 0.444. The quantitative estimate of drug-likeness (QED) is 0.866. The van der Waals surface area contributed by atoms with E-state index in [1.54, 1.807) is 19.3 Å². The van der Waals surface area contributed by atoms with E-state index in [0.29, 0.717) is 17.6 Å². The molecule has 0 radical (unpaired) electrons. The molecule has 1 aromatic heterocycles. The number of amides is 2. The van der Waals surface area contributed by atoms with Gasteiger partial charge in [0.15, 0.2) is 0 Å². The average molecular weight is 343 g/mol. The van der Waals surface area contributed by atoms with Gasteiger partial charge in [0, 0.05) is 63.3 Å². The molecule has 2 aromatic rings. The van der Waals surface area contributed by atoms with E-state index in [-0.39, 0.29) is 11.6 Å². The zero-order chi connectivity index (χ0) is 17.8. The van der Waals surface area contributed by atoms with Gasteiger partial charge in [-0.2, -0.15) is 0 Å². The Morgan fingerprint density at radius 1 is 1.08 bits per heavy atom. The van der Waals surface area contributed by atoms with E-state index >= 15 is 0 Å². The topological polar surface area (TPSA) is 69.6 Å². The van der Waals surface area contributed by atoms with Crippen molar-refractivity contribution in [3.8, 4) is 0 Å². The largest absolute Gasteiger partial charge is 0.337 e. The minimum Gasteiger partial charge on any atom is -0.337 e. The van der Waals surface area contributed by atoms with Gasteiger partial charge in [0.25, 0.3) is 5.56 Å². The molecule has 25 heavy (non-hydrogen) atoms. The maximum absolute atomic E-state index is 12.2. The molecule has 1 fully saturated rings. The van der Waals surface area contributed by atoms with Crippen molar-refractivity contribution in [1.82, 2.24) is 19.7 Å². The summed E-state index contributed by atoms with van der Waals surface area (Å²) in [6.07, 6.45) is 1.66. The van der Waals surface area contributed by atoms with Gasteiger partial charge < -0.3 is 20.1 Å². The lowest BCUT2D eigenvalue weighted by molar-refractivity contribution is 0.155. The molecule has 0 bridgehead atoms. The van der Waals surface area contributed by atoms with Crippen LogP contribution in [0.4, 0.5) is 10.5 Å². The van der Waals surface area contributed by atoms with E-state index in [1.807, 2.05) is 18.2 Å². The fourth-order valence-corrected chi connectivity index (χ4v) is 3.08.